The molecule has 1 heterocycles. The van der Waals surface area contributed by atoms with Crippen LogP contribution in [0.5, 0.6) is 0 Å². The van der Waals surface area contributed by atoms with E-state index in [1.807, 2.05) is 0 Å². The number of likely N-dealkylation sites (N-methyl/N-ethyl adjacent to an activating group) is 1. The number of hydrogen-bond donors (Lipinski definition) is 1. The molecule has 0 amide bonds. The Hall–Kier alpha value is -0.860. The van der Waals surface area contributed by atoms with Gasteiger partial charge in [-0.05, 0) is 76.7 Å². The standard InChI is InChI=1S/C19H32N2/c1-13-7-8-21(17(5)11-13)12-18(20-6)19-15(3)9-14(2)10-16(19)4/h9-10,13,17-18,20H,7-8,11-12H2,1-6H3. The van der Waals surface area contributed by atoms with E-state index >= 15 is 0 Å². The van der Waals surface area contributed by atoms with Crippen LogP contribution in [0.1, 0.15) is 55.0 Å². The minimum Gasteiger partial charge on any atom is -0.312 e. The average Bonchev–Trinajstić information content (AvgIpc) is 2.39. The molecule has 0 aromatic heterocycles. The lowest BCUT2D eigenvalue weighted by atomic mass is 9.90. The molecule has 1 aliphatic rings. The highest BCUT2D eigenvalue weighted by atomic mass is 15.2. The first-order valence-electron chi connectivity index (χ1n) is 8.41. The first kappa shape index (κ1) is 16.5. The van der Waals surface area contributed by atoms with Crippen LogP contribution in [0.25, 0.3) is 0 Å². The summed E-state index contributed by atoms with van der Waals surface area (Å²) in [6, 6.07) is 5.76. The van der Waals surface area contributed by atoms with Gasteiger partial charge in [-0.3, -0.25) is 4.90 Å². The molecule has 0 bridgehead atoms. The Kier molecular flexibility index (Phi) is 5.45. The van der Waals surface area contributed by atoms with Crippen molar-refractivity contribution in [3.8, 4) is 0 Å². The monoisotopic (exact) mass is 288 g/mol. The van der Waals surface area contributed by atoms with Crippen molar-refractivity contribution in [3.63, 3.8) is 0 Å². The van der Waals surface area contributed by atoms with Gasteiger partial charge >= 0.3 is 0 Å². The summed E-state index contributed by atoms with van der Waals surface area (Å²) in [7, 11) is 2.10. The maximum Gasteiger partial charge on any atom is 0.0452 e. The predicted octanol–water partition coefficient (Wildman–Crippen LogP) is 3.99. The largest absolute Gasteiger partial charge is 0.312 e. The average molecular weight is 288 g/mol. The Labute approximate surface area is 130 Å². The Morgan fingerprint density at radius 3 is 2.33 bits per heavy atom. The Morgan fingerprint density at radius 1 is 1.19 bits per heavy atom. The number of benzene rings is 1. The molecule has 118 valence electrons. The first-order valence-corrected chi connectivity index (χ1v) is 8.41. The number of piperidine rings is 1. The third-order valence-corrected chi connectivity index (χ3v) is 5.13. The van der Waals surface area contributed by atoms with Crippen LogP contribution in [-0.2, 0) is 0 Å². The molecule has 1 saturated heterocycles. The van der Waals surface area contributed by atoms with Gasteiger partial charge in [0.2, 0.25) is 0 Å². The third kappa shape index (κ3) is 3.87. The lowest BCUT2D eigenvalue weighted by Crippen LogP contribution is -2.44. The highest BCUT2D eigenvalue weighted by molar-refractivity contribution is 5.39. The number of nitrogens with one attached hydrogen (secondary N) is 1. The molecule has 2 rings (SSSR count). The van der Waals surface area contributed by atoms with Gasteiger partial charge in [0.05, 0.1) is 0 Å². The van der Waals surface area contributed by atoms with Gasteiger partial charge < -0.3 is 5.32 Å². The zero-order valence-electron chi connectivity index (χ0n) is 14.7. The lowest BCUT2D eigenvalue weighted by molar-refractivity contribution is 0.117. The first-order chi connectivity index (χ1) is 9.92. The van der Waals surface area contributed by atoms with Gasteiger partial charge in [0.1, 0.15) is 0 Å². The molecule has 0 aliphatic carbocycles. The topological polar surface area (TPSA) is 15.3 Å². The van der Waals surface area contributed by atoms with Crippen molar-refractivity contribution in [2.24, 2.45) is 5.92 Å². The Balaban J connectivity index is 2.17. The van der Waals surface area contributed by atoms with Gasteiger partial charge in [0.15, 0.2) is 0 Å². The molecular weight excluding hydrogens is 256 g/mol. The maximum absolute atomic E-state index is 3.56. The molecule has 3 unspecified atom stereocenters. The van der Waals surface area contributed by atoms with Crippen molar-refractivity contribution in [3.05, 3.63) is 34.4 Å². The smallest absolute Gasteiger partial charge is 0.0452 e. The van der Waals surface area contributed by atoms with E-state index in [0.29, 0.717) is 12.1 Å². The fourth-order valence-electron chi connectivity index (χ4n) is 4.03. The fraction of sp³-hybridized carbons (Fsp3) is 0.684. The Morgan fingerprint density at radius 2 is 1.81 bits per heavy atom. The molecule has 2 heteroatoms. The molecule has 3 atom stereocenters. The van der Waals surface area contributed by atoms with E-state index in [2.05, 4.69) is 64.0 Å². The van der Waals surface area contributed by atoms with Crippen LogP contribution < -0.4 is 5.32 Å². The van der Waals surface area contributed by atoms with E-state index in [1.165, 1.54) is 41.6 Å². The van der Waals surface area contributed by atoms with Crippen LogP contribution in [0.15, 0.2) is 12.1 Å². The molecule has 1 aromatic carbocycles. The fourth-order valence-corrected chi connectivity index (χ4v) is 4.03. The molecule has 2 nitrogen and oxygen atoms in total. The highest BCUT2D eigenvalue weighted by Crippen LogP contribution is 2.28. The molecule has 0 saturated carbocycles. The molecule has 1 N–H and O–H groups in total. The second kappa shape index (κ2) is 6.93. The highest BCUT2D eigenvalue weighted by Gasteiger charge is 2.26. The summed E-state index contributed by atoms with van der Waals surface area (Å²) in [5.74, 6) is 0.882. The van der Waals surface area contributed by atoms with Crippen molar-refractivity contribution in [1.82, 2.24) is 10.2 Å². The van der Waals surface area contributed by atoms with E-state index in [1.54, 1.807) is 0 Å². The van der Waals surface area contributed by atoms with E-state index in [4.69, 9.17) is 0 Å². The summed E-state index contributed by atoms with van der Waals surface area (Å²) in [5.41, 5.74) is 5.70. The molecule has 1 aromatic rings. The summed E-state index contributed by atoms with van der Waals surface area (Å²) in [6.45, 7) is 13.8. The van der Waals surface area contributed by atoms with E-state index in [0.717, 1.165) is 12.5 Å². The molecule has 0 spiro atoms. The van der Waals surface area contributed by atoms with Crippen LogP contribution in [-0.4, -0.2) is 31.1 Å². The number of hydrogen-bond acceptors (Lipinski definition) is 2. The number of rotatable bonds is 4. The van der Waals surface area contributed by atoms with Gasteiger partial charge in [-0.25, -0.2) is 0 Å². The second-order valence-electron chi connectivity index (χ2n) is 7.13. The van der Waals surface area contributed by atoms with Crippen molar-refractivity contribution in [2.75, 3.05) is 20.1 Å². The molecular formula is C19H32N2. The molecule has 0 radical (unpaired) electrons. The number of likely N-dealkylation sites (tertiary alicyclic amines) is 1. The zero-order chi connectivity index (χ0) is 15.6. The minimum atomic E-state index is 0.432. The van der Waals surface area contributed by atoms with E-state index in [-0.39, 0.29) is 0 Å². The van der Waals surface area contributed by atoms with E-state index in [9.17, 15) is 0 Å². The van der Waals surface area contributed by atoms with Crippen molar-refractivity contribution < 1.29 is 0 Å². The third-order valence-electron chi connectivity index (χ3n) is 5.13. The molecule has 21 heavy (non-hydrogen) atoms. The second-order valence-corrected chi connectivity index (χ2v) is 7.13. The van der Waals surface area contributed by atoms with Crippen LogP contribution in [0.4, 0.5) is 0 Å². The van der Waals surface area contributed by atoms with Crippen LogP contribution in [0.2, 0.25) is 0 Å². The van der Waals surface area contributed by atoms with Crippen LogP contribution >= 0.6 is 0 Å². The predicted molar refractivity (Wildman–Crippen MR) is 91.9 cm³/mol. The normalized spacial score (nSPS) is 25.0. The Bertz CT molecular complexity index is 457. The van der Waals surface area contributed by atoms with Gasteiger partial charge in [-0.2, -0.15) is 0 Å². The zero-order valence-corrected chi connectivity index (χ0v) is 14.7. The van der Waals surface area contributed by atoms with Gasteiger partial charge in [0, 0.05) is 18.6 Å². The summed E-state index contributed by atoms with van der Waals surface area (Å²) in [5, 5.41) is 3.56. The van der Waals surface area contributed by atoms with Gasteiger partial charge in [-0.1, -0.05) is 24.6 Å². The van der Waals surface area contributed by atoms with Crippen LogP contribution in [0.3, 0.4) is 0 Å². The van der Waals surface area contributed by atoms with Crippen LogP contribution in [0, 0.1) is 26.7 Å². The van der Waals surface area contributed by atoms with Crippen molar-refractivity contribution in [1.29, 1.82) is 0 Å². The maximum atomic E-state index is 3.56. The summed E-state index contributed by atoms with van der Waals surface area (Å²) >= 11 is 0. The van der Waals surface area contributed by atoms with Gasteiger partial charge in [0.25, 0.3) is 0 Å². The summed E-state index contributed by atoms with van der Waals surface area (Å²) in [4.78, 5) is 2.67. The number of nitrogens with zero attached hydrogens (tertiary/aromatic N) is 1. The quantitative estimate of drug-likeness (QED) is 0.901. The van der Waals surface area contributed by atoms with Crippen molar-refractivity contribution >= 4 is 0 Å². The van der Waals surface area contributed by atoms with Crippen molar-refractivity contribution in [2.45, 2.75) is 59.5 Å². The van der Waals surface area contributed by atoms with Gasteiger partial charge in [-0.15, -0.1) is 0 Å². The lowest BCUT2D eigenvalue weighted by Gasteiger charge is -2.39. The summed E-state index contributed by atoms with van der Waals surface area (Å²) in [6.07, 6.45) is 2.68. The SMILES string of the molecule is CNC(CN1CCC(C)CC1C)c1c(C)cc(C)cc1C. The molecule has 1 aliphatic heterocycles. The summed E-state index contributed by atoms with van der Waals surface area (Å²) < 4.78 is 0. The molecule has 1 fully saturated rings. The minimum absolute atomic E-state index is 0.432. The van der Waals surface area contributed by atoms with E-state index < -0.39 is 0 Å². The number of aryl methyl sites for hydroxylation is 3.